The maximum atomic E-state index is 11.2. The van der Waals surface area contributed by atoms with E-state index in [-0.39, 0.29) is 0 Å². The summed E-state index contributed by atoms with van der Waals surface area (Å²) in [6.07, 6.45) is 4.36. The van der Waals surface area contributed by atoms with Crippen LogP contribution in [0.25, 0.3) is 0 Å². The van der Waals surface area contributed by atoms with Crippen molar-refractivity contribution >= 4 is 31.2 Å². The van der Waals surface area contributed by atoms with E-state index >= 15 is 0 Å². The summed E-state index contributed by atoms with van der Waals surface area (Å²) in [5.41, 5.74) is 3.61. The number of aryl methyl sites for hydroxylation is 2. The molecule has 0 spiro atoms. The Labute approximate surface area is 188 Å². The zero-order chi connectivity index (χ0) is 21.3. The second kappa shape index (κ2) is 11.2. The minimum atomic E-state index is -0.900. The lowest BCUT2D eigenvalue weighted by atomic mass is 10.0. The molecule has 2 aromatic carbocycles. The molecule has 0 aliphatic rings. The number of carbonyl (C=O) groups is 1. The molecule has 0 saturated heterocycles. The van der Waals surface area contributed by atoms with Gasteiger partial charge < -0.3 is 5.11 Å². The van der Waals surface area contributed by atoms with Gasteiger partial charge in [0.25, 0.3) is 0 Å². The van der Waals surface area contributed by atoms with Gasteiger partial charge >= 0.3 is 5.97 Å². The molecule has 0 fully saturated rings. The van der Waals surface area contributed by atoms with Gasteiger partial charge in [-0.25, -0.2) is 14.5 Å². The summed E-state index contributed by atoms with van der Waals surface area (Å²) < 4.78 is 2.00. The summed E-state index contributed by atoms with van der Waals surface area (Å²) in [6.45, 7) is 0.685. The number of carboxylic acids is 1. The van der Waals surface area contributed by atoms with E-state index in [9.17, 15) is 4.79 Å². The highest BCUT2D eigenvalue weighted by atomic mass is 32.1. The van der Waals surface area contributed by atoms with Crippen LogP contribution >= 0.6 is 25.3 Å². The number of aromatic nitrogens is 3. The minimum Gasteiger partial charge on any atom is -0.478 e. The van der Waals surface area contributed by atoms with Crippen LogP contribution in [0.2, 0.25) is 0 Å². The molecule has 7 heteroatoms. The van der Waals surface area contributed by atoms with Crippen molar-refractivity contribution in [2.45, 2.75) is 38.6 Å². The topological polar surface area (TPSA) is 68.0 Å². The first-order valence-electron chi connectivity index (χ1n) is 10.1. The standard InChI is InChI=1S/C23H27N3O2S2/c27-23(28)20-5-1-4-19(15-20)14-17-8-10-18(11-9-17)16-26-22(7-3-13-30)24-21(25-26)6-2-12-29/h1,4-5,8-11,15,29-30H,2-3,6-7,12-14,16H2,(H,27,28). The summed E-state index contributed by atoms with van der Waals surface area (Å²) in [5, 5.41) is 13.9. The van der Waals surface area contributed by atoms with Crippen LogP contribution < -0.4 is 0 Å². The Morgan fingerprint density at radius 3 is 2.33 bits per heavy atom. The van der Waals surface area contributed by atoms with Crippen molar-refractivity contribution in [2.75, 3.05) is 11.5 Å². The van der Waals surface area contributed by atoms with E-state index in [4.69, 9.17) is 15.2 Å². The van der Waals surface area contributed by atoms with Crippen LogP contribution in [0.1, 0.15) is 51.5 Å². The van der Waals surface area contributed by atoms with Crippen molar-refractivity contribution in [1.82, 2.24) is 14.8 Å². The third-order valence-electron chi connectivity index (χ3n) is 4.85. The van der Waals surface area contributed by atoms with Gasteiger partial charge in [-0.2, -0.15) is 30.4 Å². The smallest absolute Gasteiger partial charge is 0.335 e. The van der Waals surface area contributed by atoms with Gasteiger partial charge in [-0.15, -0.1) is 0 Å². The van der Waals surface area contributed by atoms with Crippen molar-refractivity contribution in [2.24, 2.45) is 0 Å². The molecule has 1 aromatic heterocycles. The molecule has 0 aliphatic heterocycles. The fourth-order valence-corrected chi connectivity index (χ4v) is 3.62. The zero-order valence-electron chi connectivity index (χ0n) is 16.9. The maximum absolute atomic E-state index is 11.2. The van der Waals surface area contributed by atoms with Crippen LogP contribution in [0.5, 0.6) is 0 Å². The number of carboxylic acid groups (broad SMARTS) is 1. The molecule has 1 heterocycles. The Balaban J connectivity index is 1.69. The average Bonchev–Trinajstić information content (AvgIpc) is 3.13. The number of rotatable bonds is 11. The van der Waals surface area contributed by atoms with Gasteiger partial charge in [0.15, 0.2) is 5.82 Å². The van der Waals surface area contributed by atoms with E-state index < -0.39 is 5.97 Å². The van der Waals surface area contributed by atoms with Gasteiger partial charge in [-0.3, -0.25) is 0 Å². The van der Waals surface area contributed by atoms with Crippen molar-refractivity contribution in [3.8, 4) is 0 Å². The average molecular weight is 442 g/mol. The lowest BCUT2D eigenvalue weighted by Crippen LogP contribution is -2.07. The van der Waals surface area contributed by atoms with Crippen LogP contribution in [-0.2, 0) is 25.8 Å². The maximum Gasteiger partial charge on any atom is 0.335 e. The third kappa shape index (κ3) is 6.37. The number of aromatic carboxylic acids is 1. The third-order valence-corrected chi connectivity index (χ3v) is 5.48. The van der Waals surface area contributed by atoms with Crippen molar-refractivity contribution in [1.29, 1.82) is 0 Å². The second-order valence-electron chi connectivity index (χ2n) is 7.26. The molecule has 3 aromatic rings. The van der Waals surface area contributed by atoms with Crippen LogP contribution in [0.3, 0.4) is 0 Å². The first-order valence-corrected chi connectivity index (χ1v) is 11.4. The van der Waals surface area contributed by atoms with E-state index in [1.165, 1.54) is 0 Å². The molecule has 0 atom stereocenters. The van der Waals surface area contributed by atoms with Gasteiger partial charge in [-0.1, -0.05) is 36.4 Å². The molecule has 0 bridgehead atoms. The molecule has 0 unspecified atom stereocenters. The van der Waals surface area contributed by atoms with Gasteiger partial charge in [-0.05, 0) is 59.6 Å². The largest absolute Gasteiger partial charge is 0.478 e. The predicted octanol–water partition coefficient (Wildman–Crippen LogP) is 4.34. The highest BCUT2D eigenvalue weighted by molar-refractivity contribution is 7.80. The van der Waals surface area contributed by atoms with E-state index in [1.54, 1.807) is 18.2 Å². The van der Waals surface area contributed by atoms with E-state index in [1.807, 2.05) is 10.7 Å². The quantitative estimate of drug-likeness (QED) is 0.387. The number of nitrogens with zero attached hydrogens (tertiary/aromatic N) is 3. The molecule has 3 rings (SSSR count). The Bertz CT molecular complexity index is 971. The van der Waals surface area contributed by atoms with Gasteiger partial charge in [0.05, 0.1) is 12.1 Å². The molecule has 0 amide bonds. The van der Waals surface area contributed by atoms with Crippen molar-refractivity contribution < 1.29 is 9.90 Å². The predicted molar refractivity (Wildman–Crippen MR) is 126 cm³/mol. The van der Waals surface area contributed by atoms with Gasteiger partial charge in [0.2, 0.25) is 0 Å². The van der Waals surface area contributed by atoms with E-state index in [0.29, 0.717) is 18.5 Å². The summed E-state index contributed by atoms with van der Waals surface area (Å²) in [6, 6.07) is 15.5. The normalized spacial score (nSPS) is 11.0. The number of hydrogen-bond acceptors (Lipinski definition) is 5. The van der Waals surface area contributed by atoms with Gasteiger partial charge in [0.1, 0.15) is 5.82 Å². The van der Waals surface area contributed by atoms with Crippen LogP contribution in [-0.4, -0.2) is 37.3 Å². The Morgan fingerprint density at radius 1 is 0.933 bits per heavy atom. The number of benzene rings is 2. The summed E-state index contributed by atoms with van der Waals surface area (Å²) in [7, 11) is 0. The van der Waals surface area contributed by atoms with Crippen LogP contribution in [0, 0.1) is 0 Å². The zero-order valence-corrected chi connectivity index (χ0v) is 18.7. The first kappa shape index (κ1) is 22.4. The monoisotopic (exact) mass is 441 g/mol. The molecule has 5 nitrogen and oxygen atoms in total. The lowest BCUT2D eigenvalue weighted by molar-refractivity contribution is 0.0696. The fourth-order valence-electron chi connectivity index (χ4n) is 3.30. The summed E-state index contributed by atoms with van der Waals surface area (Å²) in [5.74, 6) is 2.65. The molecule has 0 saturated carbocycles. The molecule has 0 aliphatic carbocycles. The van der Waals surface area contributed by atoms with Crippen molar-refractivity contribution in [3.63, 3.8) is 0 Å². The second-order valence-corrected chi connectivity index (χ2v) is 8.15. The SMILES string of the molecule is O=C(O)c1cccc(Cc2ccc(Cn3nc(CCCS)nc3CCCS)cc2)c1. The molecular formula is C23H27N3O2S2. The summed E-state index contributed by atoms with van der Waals surface area (Å²) in [4.78, 5) is 15.9. The molecular weight excluding hydrogens is 414 g/mol. The van der Waals surface area contributed by atoms with Gasteiger partial charge in [0, 0.05) is 12.8 Å². The highest BCUT2D eigenvalue weighted by Crippen LogP contribution is 2.15. The Morgan fingerprint density at radius 2 is 1.63 bits per heavy atom. The highest BCUT2D eigenvalue weighted by Gasteiger charge is 2.10. The van der Waals surface area contributed by atoms with E-state index in [0.717, 1.165) is 65.5 Å². The summed E-state index contributed by atoms with van der Waals surface area (Å²) >= 11 is 8.60. The minimum absolute atomic E-state index is 0.317. The lowest BCUT2D eigenvalue weighted by Gasteiger charge is -2.08. The molecule has 0 radical (unpaired) electrons. The van der Waals surface area contributed by atoms with E-state index in [2.05, 4.69) is 49.5 Å². The fraction of sp³-hybridized carbons (Fsp3) is 0.348. The Hall–Kier alpha value is -2.25. The van der Waals surface area contributed by atoms with Crippen LogP contribution in [0.4, 0.5) is 0 Å². The Kier molecular flexibility index (Phi) is 8.39. The first-order chi connectivity index (χ1) is 14.6. The molecule has 30 heavy (non-hydrogen) atoms. The molecule has 158 valence electrons. The van der Waals surface area contributed by atoms with Crippen LogP contribution in [0.15, 0.2) is 48.5 Å². The van der Waals surface area contributed by atoms with Crippen molar-refractivity contribution in [3.05, 3.63) is 82.4 Å². The molecule has 1 N–H and O–H groups in total. The number of hydrogen-bond donors (Lipinski definition) is 3. The number of thiol groups is 2.